The monoisotopic (exact) mass is 614 g/mol. The first-order chi connectivity index (χ1) is 20.6. The van der Waals surface area contributed by atoms with Gasteiger partial charge in [0, 0.05) is 0 Å². The molecule has 42 heavy (non-hydrogen) atoms. The molecule has 0 amide bonds. The summed E-state index contributed by atoms with van der Waals surface area (Å²) in [4.78, 5) is 0. The Morgan fingerprint density at radius 2 is 1.10 bits per heavy atom. The molecule has 7 aromatic rings. The predicted molar refractivity (Wildman–Crippen MR) is 179 cm³/mol. The molecule has 0 heterocycles. The first-order valence-corrected chi connectivity index (χ1v) is 15.6. The summed E-state index contributed by atoms with van der Waals surface area (Å²) in [6.07, 6.45) is 10.0. The van der Waals surface area contributed by atoms with E-state index in [4.69, 9.17) is 0 Å². The van der Waals surface area contributed by atoms with Crippen molar-refractivity contribution in [3.8, 4) is 0 Å². The van der Waals surface area contributed by atoms with Crippen LogP contribution in [0.5, 0.6) is 0 Å². The second-order valence-corrected chi connectivity index (χ2v) is 12.0. The van der Waals surface area contributed by atoms with Crippen molar-refractivity contribution in [3.63, 3.8) is 0 Å². The van der Waals surface area contributed by atoms with Gasteiger partial charge in [-0.15, -0.1) is 40.1 Å². The Hall–Kier alpha value is -4.06. The van der Waals surface area contributed by atoms with Gasteiger partial charge in [-0.3, -0.25) is 6.08 Å². The van der Waals surface area contributed by atoms with Crippen LogP contribution in [0.2, 0.25) is 0 Å². The van der Waals surface area contributed by atoms with Gasteiger partial charge >= 0.3 is 112 Å². The van der Waals surface area contributed by atoms with Gasteiger partial charge < -0.3 is 0 Å². The first kappa shape index (κ1) is 28.1. The summed E-state index contributed by atoms with van der Waals surface area (Å²) in [7, 11) is 0. The minimum atomic E-state index is 1.01. The average Bonchev–Trinajstić information content (AvgIpc) is 3.75. The summed E-state index contributed by atoms with van der Waals surface area (Å²) < 4.78 is 1.42. The number of rotatable bonds is 2. The van der Waals surface area contributed by atoms with Crippen LogP contribution < -0.4 is 0 Å². The third-order valence-corrected chi connectivity index (χ3v) is 9.19. The standard InChI is InChI=1S/C21H13.C15H14.C5H5.Zr/c1-2-8-15-14(7-1)13-20-18-11-4-3-9-16(18)17-10-5-6-12-19(17)21(15)20;1-12-3-7-14(8-4-12)11-15-9-5-13(2)6-10-15;1-2-4-5-3-1;/h1-13H;3-10H,1-2H3;1-3H,4H2;/q-1;;-1;+2. The van der Waals surface area contributed by atoms with Crippen LogP contribution in [0.3, 0.4) is 0 Å². The second-order valence-electron chi connectivity index (χ2n) is 10.7. The van der Waals surface area contributed by atoms with E-state index in [0.717, 1.165) is 6.42 Å². The molecule has 200 valence electrons. The van der Waals surface area contributed by atoms with Crippen LogP contribution in [0.15, 0.2) is 146 Å². The molecule has 0 spiro atoms. The van der Waals surface area contributed by atoms with E-state index in [-0.39, 0.29) is 0 Å². The van der Waals surface area contributed by atoms with Gasteiger partial charge in [-0.05, 0) is 10.8 Å². The van der Waals surface area contributed by atoms with Gasteiger partial charge in [0.25, 0.3) is 0 Å². The number of hydrogen-bond acceptors (Lipinski definition) is 0. The number of aryl methyl sites for hydroxylation is 2. The van der Waals surface area contributed by atoms with Crippen LogP contribution in [0.1, 0.15) is 28.7 Å². The molecule has 0 N–H and O–H groups in total. The Labute approximate surface area is 263 Å². The minimum absolute atomic E-state index is 1.01. The molecule has 0 nitrogen and oxygen atoms in total. The van der Waals surface area contributed by atoms with Crippen LogP contribution in [-0.2, 0) is 24.2 Å². The normalized spacial score (nSPS) is 11.9. The van der Waals surface area contributed by atoms with Crippen molar-refractivity contribution in [3.05, 3.63) is 174 Å². The summed E-state index contributed by atoms with van der Waals surface area (Å²) in [6.45, 7) is 4.25. The molecule has 0 radical (unpaired) electrons. The summed E-state index contributed by atoms with van der Waals surface area (Å²) in [6, 6.07) is 46.0. The van der Waals surface area contributed by atoms with Crippen molar-refractivity contribution in [1.82, 2.24) is 0 Å². The number of allylic oxidation sites excluding steroid dienone is 4. The maximum atomic E-state index is 2.99. The average molecular weight is 616 g/mol. The molecule has 8 rings (SSSR count). The van der Waals surface area contributed by atoms with Gasteiger partial charge in [0.2, 0.25) is 0 Å². The molecular weight excluding hydrogens is 584 g/mol. The largest absolute Gasteiger partial charge is 0.273 e. The number of hydrogen-bond donors (Lipinski definition) is 0. The molecule has 1 aliphatic rings. The third kappa shape index (κ3) is 5.94. The summed E-state index contributed by atoms with van der Waals surface area (Å²) >= 11 is 1.46. The van der Waals surface area contributed by atoms with E-state index in [2.05, 4.69) is 153 Å². The molecule has 0 bridgehead atoms. The smallest absolute Gasteiger partial charge is 0.0255 e. The minimum Gasteiger partial charge on any atom is -0.273 e. The molecule has 0 aliphatic heterocycles. The molecule has 7 aromatic carbocycles. The molecule has 0 aromatic heterocycles. The van der Waals surface area contributed by atoms with Crippen LogP contribution in [0, 0.1) is 19.9 Å². The van der Waals surface area contributed by atoms with Gasteiger partial charge in [0.15, 0.2) is 0 Å². The fourth-order valence-electron chi connectivity index (χ4n) is 5.56. The van der Waals surface area contributed by atoms with E-state index in [9.17, 15) is 0 Å². The van der Waals surface area contributed by atoms with Crippen molar-refractivity contribution in [2.45, 2.75) is 20.3 Å². The zero-order valence-corrected chi connectivity index (χ0v) is 26.5. The fourth-order valence-corrected chi connectivity index (χ4v) is 6.38. The van der Waals surface area contributed by atoms with Crippen molar-refractivity contribution in [1.29, 1.82) is 0 Å². The van der Waals surface area contributed by atoms with Crippen molar-refractivity contribution < 1.29 is 24.2 Å². The zero-order valence-electron chi connectivity index (χ0n) is 24.1. The Kier molecular flexibility index (Phi) is 8.59. The van der Waals surface area contributed by atoms with Gasteiger partial charge in [-0.25, -0.2) is 12.2 Å². The maximum Gasteiger partial charge on any atom is -0.0255 e. The van der Waals surface area contributed by atoms with Gasteiger partial charge in [-0.1, -0.05) is 77.5 Å². The number of benzene rings is 6. The van der Waals surface area contributed by atoms with E-state index in [1.807, 2.05) is 12.2 Å². The quantitative estimate of drug-likeness (QED) is 0.134. The van der Waals surface area contributed by atoms with E-state index in [1.54, 1.807) is 0 Å². The molecule has 0 fully saturated rings. The molecule has 1 heteroatoms. The summed E-state index contributed by atoms with van der Waals surface area (Å²) in [5.74, 6) is 0. The predicted octanol–water partition coefficient (Wildman–Crippen LogP) is 10.7. The van der Waals surface area contributed by atoms with E-state index in [1.165, 1.54) is 92.8 Å². The molecule has 0 unspecified atom stereocenters. The van der Waals surface area contributed by atoms with E-state index in [0.29, 0.717) is 0 Å². The van der Waals surface area contributed by atoms with E-state index < -0.39 is 0 Å². The molecular formula is C41H32Zr. The van der Waals surface area contributed by atoms with Gasteiger partial charge in [-0.2, -0.15) is 6.08 Å². The molecule has 0 saturated heterocycles. The second kappa shape index (κ2) is 12.9. The fraction of sp³-hybridized carbons (Fsp3) is 0.0732. The van der Waals surface area contributed by atoms with Gasteiger partial charge in [0.05, 0.1) is 0 Å². The Morgan fingerprint density at radius 3 is 1.62 bits per heavy atom. The molecule has 1 aliphatic carbocycles. The Bertz CT molecular complexity index is 2010. The maximum absolute atomic E-state index is 2.99. The molecule has 0 atom stereocenters. The Morgan fingerprint density at radius 1 is 0.595 bits per heavy atom. The number of fused-ring (bicyclic) bond motifs is 8. The third-order valence-electron chi connectivity index (χ3n) is 7.77. The van der Waals surface area contributed by atoms with Crippen LogP contribution in [0.4, 0.5) is 0 Å². The van der Waals surface area contributed by atoms with Crippen molar-refractivity contribution in [2.75, 3.05) is 0 Å². The van der Waals surface area contributed by atoms with E-state index >= 15 is 0 Å². The topological polar surface area (TPSA) is 0 Å². The zero-order chi connectivity index (χ0) is 28.9. The van der Waals surface area contributed by atoms with Crippen LogP contribution in [0.25, 0.3) is 43.1 Å². The first-order valence-electron chi connectivity index (χ1n) is 14.4. The van der Waals surface area contributed by atoms with Gasteiger partial charge in [0.1, 0.15) is 0 Å². The van der Waals surface area contributed by atoms with Crippen molar-refractivity contribution >= 4 is 46.3 Å². The van der Waals surface area contributed by atoms with Crippen LogP contribution in [-0.4, -0.2) is 3.21 Å². The Balaban J connectivity index is 0.000000133. The summed E-state index contributed by atoms with van der Waals surface area (Å²) in [5, 5.41) is 10.8. The summed E-state index contributed by atoms with van der Waals surface area (Å²) in [5.41, 5.74) is 5.31. The van der Waals surface area contributed by atoms with Crippen LogP contribution >= 0.6 is 0 Å². The van der Waals surface area contributed by atoms with Crippen molar-refractivity contribution in [2.24, 2.45) is 0 Å². The SMILES string of the molecule is Cc1ccc([C](=[Zr+2])c2ccc(C)cc2)cc1.[C-]1=CC=CC1.c1ccc2c(c1)[cH-]c1c3ccccc3c3ccccc3c21. The molecule has 0 saturated carbocycles.